The van der Waals surface area contributed by atoms with Crippen molar-refractivity contribution in [2.75, 3.05) is 19.5 Å². The predicted molar refractivity (Wildman–Crippen MR) is 183 cm³/mol. The Bertz CT molecular complexity index is 2100. The van der Waals surface area contributed by atoms with E-state index in [4.69, 9.17) is 19.2 Å². The third-order valence-corrected chi connectivity index (χ3v) is 9.04. The monoisotopic (exact) mass is 695 g/mol. The van der Waals surface area contributed by atoms with E-state index in [0.717, 1.165) is 21.3 Å². The Kier molecular flexibility index (Phi) is 9.18. The van der Waals surface area contributed by atoms with Gasteiger partial charge in [0.1, 0.15) is 29.9 Å². The largest absolute Gasteiger partial charge is 0.497 e. The molecule has 1 atom stereocenters. The minimum absolute atomic E-state index is 0.264. The van der Waals surface area contributed by atoms with Gasteiger partial charge in [-0.15, -0.1) is 0 Å². The Hall–Kier alpha value is -4.93. The van der Waals surface area contributed by atoms with Crippen LogP contribution in [0.15, 0.2) is 123 Å². The van der Waals surface area contributed by atoms with Crippen molar-refractivity contribution in [1.29, 1.82) is 0 Å². The lowest BCUT2D eigenvalue weighted by Gasteiger charge is -2.26. The Morgan fingerprint density at radius 2 is 1.67 bits per heavy atom. The van der Waals surface area contributed by atoms with Gasteiger partial charge in [0.2, 0.25) is 0 Å². The summed E-state index contributed by atoms with van der Waals surface area (Å²) in [6, 6.07) is 29.3. The van der Waals surface area contributed by atoms with Gasteiger partial charge in [0.25, 0.3) is 11.5 Å². The first-order valence-electron chi connectivity index (χ1n) is 14.4. The first-order valence-corrected chi connectivity index (χ1v) is 16.0. The zero-order chi connectivity index (χ0) is 32.2. The first kappa shape index (κ1) is 31.1. The maximum absolute atomic E-state index is 14.1. The summed E-state index contributed by atoms with van der Waals surface area (Å²) in [5.41, 5.74) is 3.75. The lowest BCUT2D eigenvalue weighted by Crippen LogP contribution is -2.40. The summed E-state index contributed by atoms with van der Waals surface area (Å²) >= 11 is 4.72. The number of thiazole rings is 1. The van der Waals surface area contributed by atoms with Crippen LogP contribution in [-0.4, -0.2) is 24.7 Å². The number of halogens is 1. The van der Waals surface area contributed by atoms with E-state index in [-0.39, 0.29) is 11.5 Å². The van der Waals surface area contributed by atoms with E-state index >= 15 is 0 Å². The number of allylic oxidation sites excluding steroid dienone is 1. The van der Waals surface area contributed by atoms with Crippen LogP contribution >= 0.6 is 27.3 Å². The van der Waals surface area contributed by atoms with E-state index in [9.17, 15) is 9.59 Å². The molecule has 1 aromatic heterocycles. The first-order chi connectivity index (χ1) is 22.3. The number of carbonyl (C=O) groups excluding carboxylic acids is 1. The molecule has 0 bridgehead atoms. The Morgan fingerprint density at radius 1 is 0.957 bits per heavy atom. The second-order valence-corrected chi connectivity index (χ2v) is 12.4. The van der Waals surface area contributed by atoms with Gasteiger partial charge < -0.3 is 19.5 Å². The highest BCUT2D eigenvalue weighted by Crippen LogP contribution is 2.37. The van der Waals surface area contributed by atoms with Crippen LogP contribution in [0.2, 0.25) is 0 Å². The Morgan fingerprint density at radius 3 is 2.37 bits per heavy atom. The molecule has 46 heavy (non-hydrogen) atoms. The highest BCUT2D eigenvalue weighted by molar-refractivity contribution is 9.10. The number of aromatic nitrogens is 1. The minimum Gasteiger partial charge on any atom is -0.497 e. The van der Waals surface area contributed by atoms with Crippen LogP contribution in [-0.2, 0) is 11.4 Å². The number of amides is 1. The lowest BCUT2D eigenvalue weighted by molar-refractivity contribution is -0.113. The minimum atomic E-state index is -0.794. The van der Waals surface area contributed by atoms with Crippen LogP contribution in [0, 0.1) is 0 Å². The van der Waals surface area contributed by atoms with Crippen molar-refractivity contribution >= 4 is 44.9 Å². The molecule has 5 aromatic rings. The van der Waals surface area contributed by atoms with E-state index in [0.29, 0.717) is 50.0 Å². The topological polar surface area (TPSA) is 91.2 Å². The Balaban J connectivity index is 1.38. The van der Waals surface area contributed by atoms with E-state index in [1.54, 1.807) is 37.8 Å². The summed E-state index contributed by atoms with van der Waals surface area (Å²) in [5, 5.41) is 2.97. The van der Waals surface area contributed by atoms with Crippen molar-refractivity contribution in [2.45, 2.75) is 19.6 Å². The summed E-state index contributed by atoms with van der Waals surface area (Å²) in [6.45, 7) is 2.23. The van der Waals surface area contributed by atoms with Crippen molar-refractivity contribution in [2.24, 2.45) is 4.99 Å². The van der Waals surface area contributed by atoms with Gasteiger partial charge >= 0.3 is 0 Å². The highest BCUT2D eigenvalue weighted by atomic mass is 79.9. The van der Waals surface area contributed by atoms with Crippen molar-refractivity contribution in [3.63, 3.8) is 0 Å². The predicted octanol–water partition coefficient (Wildman–Crippen LogP) is 6.23. The van der Waals surface area contributed by atoms with Gasteiger partial charge in [-0.25, -0.2) is 4.99 Å². The van der Waals surface area contributed by atoms with E-state index in [1.807, 2.05) is 91.0 Å². The zero-order valence-corrected chi connectivity index (χ0v) is 27.7. The third kappa shape index (κ3) is 6.54. The van der Waals surface area contributed by atoms with Crippen LogP contribution in [0.25, 0.3) is 6.08 Å². The molecule has 0 saturated heterocycles. The van der Waals surface area contributed by atoms with Crippen molar-refractivity contribution in [3.8, 4) is 17.2 Å². The summed E-state index contributed by atoms with van der Waals surface area (Å²) < 4.78 is 20.2. The molecule has 0 fully saturated rings. The van der Waals surface area contributed by atoms with Crippen LogP contribution in [0.5, 0.6) is 17.2 Å². The summed E-state index contributed by atoms with van der Waals surface area (Å²) in [7, 11) is 3.12. The van der Waals surface area contributed by atoms with Gasteiger partial charge in [0.15, 0.2) is 4.80 Å². The van der Waals surface area contributed by atoms with Gasteiger partial charge in [-0.1, -0.05) is 69.7 Å². The molecule has 1 N–H and O–H groups in total. The SMILES string of the molecule is COc1ccc([C@@H]2C(C(=O)Nc3ccccc3)=C(C)N=c3s/c(=C\c4ccc(OCc5ccc(Br)cc5)cc4)c(=O)n32)c(OC)c1. The van der Waals surface area contributed by atoms with Crippen LogP contribution in [0.1, 0.15) is 29.7 Å². The fourth-order valence-corrected chi connectivity index (χ4v) is 6.54. The number of benzene rings is 4. The fourth-order valence-electron chi connectivity index (χ4n) is 5.23. The number of nitrogens with zero attached hydrogens (tertiary/aromatic N) is 2. The van der Waals surface area contributed by atoms with Crippen molar-refractivity contribution in [1.82, 2.24) is 4.57 Å². The molecular formula is C36H30BrN3O5S. The number of ether oxygens (including phenoxy) is 3. The van der Waals surface area contributed by atoms with Crippen LogP contribution in [0.4, 0.5) is 5.69 Å². The third-order valence-electron chi connectivity index (χ3n) is 7.53. The number of fused-ring (bicyclic) bond motifs is 1. The molecular weight excluding hydrogens is 666 g/mol. The second-order valence-electron chi connectivity index (χ2n) is 10.5. The molecule has 0 radical (unpaired) electrons. The van der Waals surface area contributed by atoms with Gasteiger partial charge in [-0.05, 0) is 72.7 Å². The normalized spacial score (nSPS) is 14.3. The average molecular weight is 697 g/mol. The maximum atomic E-state index is 14.1. The molecule has 1 aliphatic rings. The molecule has 0 saturated carbocycles. The standard InChI is InChI=1S/C36H30BrN3O5S/c1-22-32(34(41)39-26-7-5-4-6-8-26)33(29-18-17-28(43-2)20-30(29)44-3)40-35(42)31(46-36(40)38-22)19-23-11-15-27(16-12-23)45-21-24-9-13-25(37)14-10-24/h4-20,33H,21H2,1-3H3,(H,39,41)/b31-19-/t33-/m1/s1. The molecule has 4 aromatic carbocycles. The fraction of sp³-hybridized carbons (Fsp3) is 0.139. The number of rotatable bonds is 9. The molecule has 0 aliphatic carbocycles. The lowest BCUT2D eigenvalue weighted by atomic mass is 9.94. The molecule has 6 rings (SSSR count). The quantitative estimate of drug-likeness (QED) is 0.197. The highest BCUT2D eigenvalue weighted by Gasteiger charge is 2.34. The average Bonchev–Trinajstić information content (AvgIpc) is 3.38. The molecule has 10 heteroatoms. The number of hydrogen-bond donors (Lipinski definition) is 1. The molecule has 232 valence electrons. The van der Waals surface area contributed by atoms with Gasteiger partial charge in [-0.2, -0.15) is 0 Å². The van der Waals surface area contributed by atoms with Gasteiger partial charge in [0, 0.05) is 21.8 Å². The molecule has 0 unspecified atom stereocenters. The van der Waals surface area contributed by atoms with Crippen LogP contribution in [0.3, 0.4) is 0 Å². The number of anilines is 1. The number of para-hydroxylation sites is 1. The van der Waals surface area contributed by atoms with E-state index in [2.05, 4.69) is 21.2 Å². The van der Waals surface area contributed by atoms with Crippen molar-refractivity contribution < 1.29 is 19.0 Å². The molecule has 1 amide bonds. The maximum Gasteiger partial charge on any atom is 0.271 e. The number of methoxy groups -OCH3 is 2. The number of hydrogen-bond acceptors (Lipinski definition) is 7. The molecule has 1 aliphatic heterocycles. The second kappa shape index (κ2) is 13.6. The van der Waals surface area contributed by atoms with Gasteiger partial charge in [0.05, 0.1) is 30.0 Å². The smallest absolute Gasteiger partial charge is 0.271 e. The van der Waals surface area contributed by atoms with Gasteiger partial charge in [-0.3, -0.25) is 14.2 Å². The summed E-state index contributed by atoms with van der Waals surface area (Å²) in [6.07, 6.45) is 1.83. The number of nitrogens with one attached hydrogen (secondary N) is 1. The number of carbonyl (C=O) groups is 1. The van der Waals surface area contributed by atoms with E-state index in [1.165, 1.54) is 11.3 Å². The summed E-state index contributed by atoms with van der Waals surface area (Å²) in [4.78, 5) is 33.2. The Labute approximate surface area is 278 Å². The molecule has 8 nitrogen and oxygen atoms in total. The zero-order valence-electron chi connectivity index (χ0n) is 25.3. The van der Waals surface area contributed by atoms with Crippen LogP contribution < -0.4 is 34.4 Å². The van der Waals surface area contributed by atoms with E-state index < -0.39 is 6.04 Å². The molecule has 0 spiro atoms. The molecule has 2 heterocycles. The summed E-state index contributed by atoms with van der Waals surface area (Å²) in [5.74, 6) is 1.44. The van der Waals surface area contributed by atoms with Crippen molar-refractivity contribution in [3.05, 3.63) is 149 Å².